The van der Waals surface area contributed by atoms with Gasteiger partial charge in [0.05, 0.1) is 6.61 Å². The van der Waals surface area contributed by atoms with Gasteiger partial charge in [0, 0.05) is 16.8 Å². The summed E-state index contributed by atoms with van der Waals surface area (Å²) in [5.74, 6) is 1.08. The molecule has 0 radical (unpaired) electrons. The van der Waals surface area contributed by atoms with Crippen LogP contribution in [0.15, 0.2) is 48.5 Å². The molecule has 0 saturated heterocycles. The van der Waals surface area contributed by atoms with Gasteiger partial charge in [0.1, 0.15) is 5.75 Å². The number of nitrogens with one attached hydrogen (secondary N) is 2. The number of carbonyl (C=O) groups excluding carboxylic acids is 1. The van der Waals surface area contributed by atoms with E-state index in [0.29, 0.717) is 23.7 Å². The largest absolute Gasteiger partial charge is 0.494 e. The first kappa shape index (κ1) is 14.7. The summed E-state index contributed by atoms with van der Waals surface area (Å²) in [4.78, 5) is 12.2. The Hall–Kier alpha value is -3.22. The molecule has 1 amide bonds. The Morgan fingerprint density at radius 3 is 2.48 bits per heavy atom. The molecule has 0 aliphatic carbocycles. The number of aromatic nitrogens is 4. The zero-order valence-corrected chi connectivity index (χ0v) is 12.5. The van der Waals surface area contributed by atoms with Gasteiger partial charge < -0.3 is 10.1 Å². The molecule has 0 aliphatic rings. The summed E-state index contributed by atoms with van der Waals surface area (Å²) in [7, 11) is 0. The molecule has 3 rings (SSSR count). The van der Waals surface area contributed by atoms with Crippen molar-refractivity contribution in [3.8, 4) is 17.1 Å². The number of nitrogens with zero attached hydrogens (tertiary/aromatic N) is 3. The van der Waals surface area contributed by atoms with Gasteiger partial charge in [-0.05, 0) is 48.5 Å². The van der Waals surface area contributed by atoms with Crippen LogP contribution in [-0.4, -0.2) is 33.1 Å². The Kier molecular flexibility index (Phi) is 4.28. The number of hydrogen-bond acceptors (Lipinski definition) is 5. The maximum Gasteiger partial charge on any atom is 0.255 e. The second-order valence-corrected chi connectivity index (χ2v) is 4.72. The molecule has 116 valence electrons. The summed E-state index contributed by atoms with van der Waals surface area (Å²) in [6, 6.07) is 14.2. The Morgan fingerprint density at radius 2 is 1.87 bits per heavy atom. The lowest BCUT2D eigenvalue weighted by Gasteiger charge is -2.07. The highest BCUT2D eigenvalue weighted by Gasteiger charge is 2.08. The first-order chi connectivity index (χ1) is 11.3. The van der Waals surface area contributed by atoms with Gasteiger partial charge in [0.2, 0.25) is 5.82 Å². The molecule has 7 nitrogen and oxygen atoms in total. The van der Waals surface area contributed by atoms with Crippen LogP contribution in [0.3, 0.4) is 0 Å². The minimum atomic E-state index is -0.186. The lowest BCUT2D eigenvalue weighted by Crippen LogP contribution is -2.11. The van der Waals surface area contributed by atoms with Gasteiger partial charge >= 0.3 is 0 Å². The van der Waals surface area contributed by atoms with Crippen molar-refractivity contribution in [1.29, 1.82) is 0 Å². The molecule has 1 heterocycles. The smallest absolute Gasteiger partial charge is 0.255 e. The molecule has 0 bridgehead atoms. The van der Waals surface area contributed by atoms with Crippen LogP contribution in [0.2, 0.25) is 0 Å². The number of tetrazole rings is 1. The molecule has 2 N–H and O–H groups in total. The standard InChI is InChI=1S/C16H15N5O2/c1-2-23-14-9-7-13(8-10-14)17-16(22)12-5-3-11(4-6-12)15-18-20-21-19-15/h3-10H,2H2,1H3,(H,17,22)(H,18,19,20,21). The zero-order chi connectivity index (χ0) is 16.1. The minimum absolute atomic E-state index is 0.186. The van der Waals surface area contributed by atoms with E-state index in [-0.39, 0.29) is 5.91 Å². The van der Waals surface area contributed by atoms with E-state index < -0.39 is 0 Å². The van der Waals surface area contributed by atoms with Crippen molar-refractivity contribution >= 4 is 11.6 Å². The fourth-order valence-electron chi connectivity index (χ4n) is 2.06. The van der Waals surface area contributed by atoms with Crippen molar-refractivity contribution in [1.82, 2.24) is 20.6 Å². The average molecular weight is 309 g/mol. The van der Waals surface area contributed by atoms with E-state index in [0.717, 1.165) is 11.3 Å². The van der Waals surface area contributed by atoms with E-state index in [1.165, 1.54) is 0 Å². The molecular formula is C16H15N5O2. The van der Waals surface area contributed by atoms with Crippen LogP contribution >= 0.6 is 0 Å². The molecule has 0 spiro atoms. The van der Waals surface area contributed by atoms with E-state index in [4.69, 9.17) is 4.74 Å². The maximum atomic E-state index is 12.2. The Morgan fingerprint density at radius 1 is 1.13 bits per heavy atom. The summed E-state index contributed by atoms with van der Waals surface area (Å²) in [5.41, 5.74) is 2.04. The monoisotopic (exact) mass is 309 g/mol. The SMILES string of the molecule is CCOc1ccc(NC(=O)c2ccc(-c3nn[nH]n3)cc2)cc1. The molecule has 0 unspecified atom stereocenters. The maximum absolute atomic E-state index is 12.2. The number of ether oxygens (including phenoxy) is 1. The van der Waals surface area contributed by atoms with Crippen molar-refractivity contribution in [2.24, 2.45) is 0 Å². The molecule has 0 aliphatic heterocycles. The number of aromatic amines is 1. The number of benzene rings is 2. The molecular weight excluding hydrogens is 294 g/mol. The highest BCUT2D eigenvalue weighted by Crippen LogP contribution is 2.18. The van der Waals surface area contributed by atoms with Crippen molar-refractivity contribution in [2.45, 2.75) is 6.92 Å². The average Bonchev–Trinajstić information content (AvgIpc) is 3.11. The summed E-state index contributed by atoms with van der Waals surface area (Å²) < 4.78 is 5.37. The Labute approximate surface area is 132 Å². The minimum Gasteiger partial charge on any atom is -0.494 e. The molecule has 0 atom stereocenters. The first-order valence-electron chi connectivity index (χ1n) is 7.14. The molecule has 3 aromatic rings. The van der Waals surface area contributed by atoms with Crippen molar-refractivity contribution in [2.75, 3.05) is 11.9 Å². The lowest BCUT2D eigenvalue weighted by molar-refractivity contribution is 0.102. The van der Waals surface area contributed by atoms with Gasteiger partial charge in [-0.15, -0.1) is 10.2 Å². The molecule has 1 aromatic heterocycles. The number of anilines is 1. The van der Waals surface area contributed by atoms with Crippen LogP contribution < -0.4 is 10.1 Å². The third-order valence-electron chi connectivity index (χ3n) is 3.17. The predicted octanol–water partition coefficient (Wildman–Crippen LogP) is 2.52. The van der Waals surface area contributed by atoms with Crippen LogP contribution in [0.5, 0.6) is 5.75 Å². The van der Waals surface area contributed by atoms with Gasteiger partial charge in [-0.25, -0.2) is 0 Å². The number of hydrogen-bond donors (Lipinski definition) is 2. The van der Waals surface area contributed by atoms with Crippen molar-refractivity contribution in [3.05, 3.63) is 54.1 Å². The van der Waals surface area contributed by atoms with Crippen LogP contribution in [-0.2, 0) is 0 Å². The summed E-state index contributed by atoms with van der Waals surface area (Å²) in [6.45, 7) is 2.53. The summed E-state index contributed by atoms with van der Waals surface area (Å²) >= 11 is 0. The van der Waals surface area contributed by atoms with Crippen LogP contribution in [0, 0.1) is 0 Å². The van der Waals surface area contributed by atoms with E-state index in [2.05, 4.69) is 25.9 Å². The molecule has 23 heavy (non-hydrogen) atoms. The Bertz CT molecular complexity index is 767. The van der Waals surface area contributed by atoms with Crippen molar-refractivity contribution in [3.63, 3.8) is 0 Å². The van der Waals surface area contributed by atoms with Crippen LogP contribution in [0.1, 0.15) is 17.3 Å². The van der Waals surface area contributed by atoms with Gasteiger partial charge in [-0.3, -0.25) is 4.79 Å². The highest BCUT2D eigenvalue weighted by molar-refractivity contribution is 6.04. The first-order valence-corrected chi connectivity index (χ1v) is 7.14. The Balaban J connectivity index is 1.68. The molecule has 7 heteroatoms. The second kappa shape index (κ2) is 6.69. The number of H-pyrrole nitrogens is 1. The van der Waals surface area contributed by atoms with Gasteiger partial charge in [0.25, 0.3) is 5.91 Å². The zero-order valence-electron chi connectivity index (χ0n) is 12.5. The van der Waals surface area contributed by atoms with Crippen molar-refractivity contribution < 1.29 is 9.53 Å². The lowest BCUT2D eigenvalue weighted by atomic mass is 10.1. The number of rotatable bonds is 5. The summed E-state index contributed by atoms with van der Waals surface area (Å²) in [5, 5.41) is 16.5. The van der Waals surface area contributed by atoms with E-state index in [1.54, 1.807) is 36.4 Å². The quantitative estimate of drug-likeness (QED) is 0.755. The topological polar surface area (TPSA) is 92.8 Å². The van der Waals surface area contributed by atoms with E-state index in [9.17, 15) is 4.79 Å². The van der Waals surface area contributed by atoms with Gasteiger partial charge in [0.15, 0.2) is 0 Å². The predicted molar refractivity (Wildman–Crippen MR) is 85.2 cm³/mol. The van der Waals surface area contributed by atoms with Crippen LogP contribution in [0.4, 0.5) is 5.69 Å². The number of amides is 1. The highest BCUT2D eigenvalue weighted by atomic mass is 16.5. The normalized spacial score (nSPS) is 10.3. The fraction of sp³-hybridized carbons (Fsp3) is 0.125. The van der Waals surface area contributed by atoms with Gasteiger partial charge in [-0.2, -0.15) is 5.21 Å². The van der Waals surface area contributed by atoms with Crippen LogP contribution in [0.25, 0.3) is 11.4 Å². The second-order valence-electron chi connectivity index (χ2n) is 4.72. The summed E-state index contributed by atoms with van der Waals surface area (Å²) in [6.07, 6.45) is 0. The van der Waals surface area contributed by atoms with Gasteiger partial charge in [-0.1, -0.05) is 12.1 Å². The van der Waals surface area contributed by atoms with E-state index in [1.807, 2.05) is 19.1 Å². The fourth-order valence-corrected chi connectivity index (χ4v) is 2.06. The number of carbonyl (C=O) groups is 1. The molecule has 0 fully saturated rings. The molecule has 2 aromatic carbocycles. The third-order valence-corrected chi connectivity index (χ3v) is 3.17. The molecule has 0 saturated carbocycles. The van der Waals surface area contributed by atoms with E-state index >= 15 is 0 Å². The third kappa shape index (κ3) is 3.52.